The van der Waals surface area contributed by atoms with E-state index in [-0.39, 0.29) is 40.4 Å². The Labute approximate surface area is 192 Å². The topological polar surface area (TPSA) is 117 Å². The van der Waals surface area contributed by atoms with Gasteiger partial charge in [0.25, 0.3) is 11.5 Å². The number of aromatic amines is 1. The summed E-state index contributed by atoms with van der Waals surface area (Å²) in [7, 11) is 0. The number of H-pyrrole nitrogens is 1. The van der Waals surface area contributed by atoms with Crippen molar-refractivity contribution in [2.45, 2.75) is 77.8 Å². The number of piperidine rings is 1. The van der Waals surface area contributed by atoms with Crippen molar-refractivity contribution in [1.29, 1.82) is 0 Å². The van der Waals surface area contributed by atoms with Crippen LogP contribution in [0.1, 0.15) is 81.3 Å². The van der Waals surface area contributed by atoms with Crippen molar-refractivity contribution in [2.24, 2.45) is 5.92 Å². The third-order valence-electron chi connectivity index (χ3n) is 6.42. The van der Waals surface area contributed by atoms with E-state index in [1.54, 1.807) is 6.07 Å². The number of likely N-dealkylation sites (tertiary alicyclic amines) is 1. The molecular weight excluding hydrogens is 422 g/mol. The third-order valence-corrected chi connectivity index (χ3v) is 6.42. The van der Waals surface area contributed by atoms with Gasteiger partial charge in [-0.1, -0.05) is 20.8 Å². The van der Waals surface area contributed by atoms with Gasteiger partial charge in [-0.25, -0.2) is 9.78 Å². The maximum absolute atomic E-state index is 13.3. The van der Waals surface area contributed by atoms with Gasteiger partial charge in [0.15, 0.2) is 5.65 Å². The Morgan fingerprint density at radius 3 is 2.48 bits per heavy atom. The SMILES string of the molecule is CCCn1c(=O)[nH]c(=O)c2c(C(=O)NC3CCN(C(=O)CC(C)C)CC3)cc(C3CC3)nc21. The fraction of sp³-hybridized carbons (Fsp3) is 0.625. The first-order valence-corrected chi connectivity index (χ1v) is 12.0. The summed E-state index contributed by atoms with van der Waals surface area (Å²) in [5, 5.41) is 3.22. The Bertz CT molecular complexity index is 1170. The van der Waals surface area contributed by atoms with Crippen LogP contribution in [0.2, 0.25) is 0 Å². The maximum Gasteiger partial charge on any atom is 0.329 e. The number of amides is 2. The van der Waals surface area contributed by atoms with Crippen molar-refractivity contribution < 1.29 is 9.59 Å². The van der Waals surface area contributed by atoms with Gasteiger partial charge < -0.3 is 10.2 Å². The van der Waals surface area contributed by atoms with Crippen LogP contribution in [0.3, 0.4) is 0 Å². The fourth-order valence-electron chi connectivity index (χ4n) is 4.51. The average molecular weight is 456 g/mol. The minimum absolute atomic E-state index is 0.0752. The average Bonchev–Trinajstić information content (AvgIpc) is 3.61. The van der Waals surface area contributed by atoms with Gasteiger partial charge in [-0.15, -0.1) is 0 Å². The molecule has 1 aliphatic carbocycles. The summed E-state index contributed by atoms with van der Waals surface area (Å²) in [5.41, 5.74) is 0.230. The summed E-state index contributed by atoms with van der Waals surface area (Å²) in [5.74, 6) is 0.409. The number of carbonyl (C=O) groups excluding carboxylic acids is 2. The number of rotatable bonds is 7. The molecular formula is C24H33N5O4. The molecule has 2 aliphatic rings. The van der Waals surface area contributed by atoms with E-state index in [0.717, 1.165) is 18.5 Å². The van der Waals surface area contributed by atoms with E-state index in [9.17, 15) is 19.2 Å². The summed E-state index contributed by atoms with van der Waals surface area (Å²) in [6, 6.07) is 1.64. The minimum atomic E-state index is -0.587. The summed E-state index contributed by atoms with van der Waals surface area (Å²) >= 11 is 0. The van der Waals surface area contributed by atoms with Crippen LogP contribution in [0.15, 0.2) is 15.7 Å². The molecule has 1 saturated carbocycles. The van der Waals surface area contributed by atoms with E-state index >= 15 is 0 Å². The minimum Gasteiger partial charge on any atom is -0.349 e. The van der Waals surface area contributed by atoms with Gasteiger partial charge in [0, 0.05) is 43.7 Å². The van der Waals surface area contributed by atoms with Gasteiger partial charge in [0.05, 0.1) is 10.9 Å². The van der Waals surface area contributed by atoms with Crippen molar-refractivity contribution in [2.75, 3.05) is 13.1 Å². The van der Waals surface area contributed by atoms with Gasteiger partial charge in [-0.05, 0) is 44.1 Å². The smallest absolute Gasteiger partial charge is 0.329 e. The van der Waals surface area contributed by atoms with Crippen LogP contribution >= 0.6 is 0 Å². The lowest BCUT2D eigenvalue weighted by molar-refractivity contribution is -0.133. The summed E-state index contributed by atoms with van der Waals surface area (Å²) in [6.07, 6.45) is 4.56. The van der Waals surface area contributed by atoms with Crippen molar-refractivity contribution in [3.05, 3.63) is 38.2 Å². The number of carbonyl (C=O) groups is 2. The highest BCUT2D eigenvalue weighted by Gasteiger charge is 2.30. The summed E-state index contributed by atoms with van der Waals surface area (Å²) in [4.78, 5) is 59.7. The van der Waals surface area contributed by atoms with Crippen molar-refractivity contribution in [3.63, 3.8) is 0 Å². The molecule has 2 amide bonds. The number of aryl methyl sites for hydroxylation is 1. The first kappa shape index (κ1) is 23.2. The lowest BCUT2D eigenvalue weighted by Gasteiger charge is -2.33. The Kier molecular flexibility index (Phi) is 6.67. The van der Waals surface area contributed by atoms with E-state index in [1.807, 2.05) is 25.7 Å². The van der Waals surface area contributed by atoms with Crippen LogP contribution in [-0.4, -0.2) is 50.4 Å². The molecule has 1 aliphatic heterocycles. The van der Waals surface area contributed by atoms with Crippen molar-refractivity contribution in [1.82, 2.24) is 24.8 Å². The van der Waals surface area contributed by atoms with Crippen LogP contribution in [0.25, 0.3) is 11.0 Å². The first-order valence-electron chi connectivity index (χ1n) is 12.0. The fourth-order valence-corrected chi connectivity index (χ4v) is 4.51. The zero-order chi connectivity index (χ0) is 23.7. The number of nitrogens with one attached hydrogen (secondary N) is 2. The quantitative estimate of drug-likeness (QED) is 0.663. The molecule has 0 spiro atoms. The summed E-state index contributed by atoms with van der Waals surface area (Å²) < 4.78 is 1.46. The molecule has 2 aromatic heterocycles. The number of aromatic nitrogens is 3. The molecule has 0 aromatic carbocycles. The number of pyridine rings is 1. The summed E-state index contributed by atoms with van der Waals surface area (Å²) in [6.45, 7) is 7.63. The van der Waals surface area contributed by atoms with Crippen molar-refractivity contribution >= 4 is 22.8 Å². The van der Waals surface area contributed by atoms with Crippen LogP contribution in [0.4, 0.5) is 0 Å². The highest BCUT2D eigenvalue weighted by Crippen LogP contribution is 2.39. The van der Waals surface area contributed by atoms with E-state index in [4.69, 9.17) is 0 Å². The zero-order valence-electron chi connectivity index (χ0n) is 19.6. The van der Waals surface area contributed by atoms with Gasteiger partial charge in [0.1, 0.15) is 0 Å². The molecule has 1 saturated heterocycles. The normalized spacial score (nSPS) is 17.0. The van der Waals surface area contributed by atoms with Gasteiger partial charge >= 0.3 is 5.69 Å². The van der Waals surface area contributed by atoms with E-state index in [0.29, 0.717) is 51.2 Å². The highest BCUT2D eigenvalue weighted by molar-refractivity contribution is 6.05. The molecule has 0 unspecified atom stereocenters. The number of hydrogen-bond donors (Lipinski definition) is 2. The molecule has 9 nitrogen and oxygen atoms in total. The predicted molar refractivity (Wildman–Crippen MR) is 125 cm³/mol. The molecule has 33 heavy (non-hydrogen) atoms. The first-order chi connectivity index (χ1) is 15.8. The Morgan fingerprint density at radius 1 is 1.18 bits per heavy atom. The monoisotopic (exact) mass is 455 g/mol. The van der Waals surface area contributed by atoms with E-state index in [2.05, 4.69) is 15.3 Å². The molecule has 2 aromatic rings. The van der Waals surface area contributed by atoms with Gasteiger partial charge in [-0.2, -0.15) is 0 Å². The molecule has 9 heteroatoms. The molecule has 0 bridgehead atoms. The molecule has 0 atom stereocenters. The Hall–Kier alpha value is -2.97. The van der Waals surface area contributed by atoms with Crippen LogP contribution in [-0.2, 0) is 11.3 Å². The van der Waals surface area contributed by atoms with Crippen LogP contribution < -0.4 is 16.6 Å². The van der Waals surface area contributed by atoms with Crippen molar-refractivity contribution in [3.8, 4) is 0 Å². The third kappa shape index (κ3) is 5.02. The molecule has 3 heterocycles. The van der Waals surface area contributed by atoms with E-state index in [1.165, 1.54) is 4.57 Å². The standard InChI is InChI=1S/C24H33N5O4/c1-4-9-29-21-20(23(32)27-24(29)33)17(13-18(26-21)15-5-6-15)22(31)25-16-7-10-28(11-8-16)19(30)12-14(2)3/h13-16H,4-12H2,1-3H3,(H,25,31)(H,27,32,33). The van der Waals surface area contributed by atoms with Gasteiger partial charge in [0.2, 0.25) is 5.91 Å². The van der Waals surface area contributed by atoms with E-state index < -0.39 is 11.2 Å². The highest BCUT2D eigenvalue weighted by atomic mass is 16.2. The number of nitrogens with zero attached hydrogens (tertiary/aromatic N) is 3. The Balaban J connectivity index is 1.60. The molecule has 2 fully saturated rings. The van der Waals surface area contributed by atoms with Gasteiger partial charge in [-0.3, -0.25) is 23.9 Å². The lowest BCUT2D eigenvalue weighted by atomic mass is 10.0. The largest absolute Gasteiger partial charge is 0.349 e. The van der Waals surface area contributed by atoms with Crippen LogP contribution in [0.5, 0.6) is 0 Å². The molecule has 2 N–H and O–H groups in total. The number of fused-ring (bicyclic) bond motifs is 1. The number of hydrogen-bond acceptors (Lipinski definition) is 5. The lowest BCUT2D eigenvalue weighted by Crippen LogP contribution is -2.47. The maximum atomic E-state index is 13.3. The second-order valence-corrected chi connectivity index (χ2v) is 9.70. The second-order valence-electron chi connectivity index (χ2n) is 9.70. The second kappa shape index (κ2) is 9.49. The van der Waals surface area contributed by atoms with Crippen LogP contribution in [0, 0.1) is 5.92 Å². The predicted octanol–water partition coefficient (Wildman–Crippen LogP) is 2.14. The Morgan fingerprint density at radius 2 is 1.88 bits per heavy atom. The molecule has 0 radical (unpaired) electrons. The molecule has 4 rings (SSSR count). The zero-order valence-corrected chi connectivity index (χ0v) is 19.6. The molecule has 178 valence electrons.